The Balaban J connectivity index is 1.85. The number of nitrogens with one attached hydrogen (secondary N) is 1. The molecule has 150 valence electrons. The molecule has 0 radical (unpaired) electrons. The molecule has 0 saturated carbocycles. The highest BCUT2D eigenvalue weighted by Crippen LogP contribution is 2.24. The van der Waals surface area contributed by atoms with Crippen LogP contribution >= 0.6 is 0 Å². The monoisotopic (exact) mass is 395 g/mol. The lowest BCUT2D eigenvalue weighted by atomic mass is 10.2. The molecule has 0 aromatic heterocycles. The lowest BCUT2D eigenvalue weighted by Crippen LogP contribution is -2.51. The maximum absolute atomic E-state index is 13.4. The van der Waals surface area contributed by atoms with Crippen molar-refractivity contribution in [1.82, 2.24) is 14.5 Å². The van der Waals surface area contributed by atoms with Crippen LogP contribution in [0.15, 0.2) is 23.1 Å². The van der Waals surface area contributed by atoms with Crippen LogP contribution in [0, 0.1) is 13.8 Å². The first-order valence-electron chi connectivity index (χ1n) is 9.55. The van der Waals surface area contributed by atoms with E-state index in [0.717, 1.165) is 31.5 Å². The van der Waals surface area contributed by atoms with Crippen molar-refractivity contribution in [1.29, 1.82) is 0 Å². The molecule has 2 saturated heterocycles. The third-order valence-corrected chi connectivity index (χ3v) is 7.13. The SMILES string of the molecule is Cc1ccc(C)c(S(=O)(=O)N(CC(=O)N2CCNCC2)CC2CCCO2)c1. The molecule has 27 heavy (non-hydrogen) atoms. The molecule has 1 atom stereocenters. The molecule has 0 spiro atoms. The molecule has 2 fully saturated rings. The fourth-order valence-corrected chi connectivity index (χ4v) is 5.28. The van der Waals surface area contributed by atoms with Gasteiger partial charge in [0.1, 0.15) is 0 Å². The Morgan fingerprint density at radius 1 is 1.30 bits per heavy atom. The van der Waals surface area contributed by atoms with E-state index in [1.165, 1.54) is 4.31 Å². The van der Waals surface area contributed by atoms with Gasteiger partial charge in [-0.2, -0.15) is 4.31 Å². The number of hydrogen-bond acceptors (Lipinski definition) is 5. The van der Waals surface area contributed by atoms with Gasteiger partial charge < -0.3 is 15.0 Å². The smallest absolute Gasteiger partial charge is 0.243 e. The Bertz CT molecular complexity index is 769. The number of hydrogen-bond donors (Lipinski definition) is 1. The van der Waals surface area contributed by atoms with E-state index in [1.807, 2.05) is 19.1 Å². The van der Waals surface area contributed by atoms with Gasteiger partial charge in [-0.05, 0) is 43.9 Å². The summed E-state index contributed by atoms with van der Waals surface area (Å²) in [6.45, 7) is 7.06. The van der Waals surface area contributed by atoms with Crippen molar-refractivity contribution in [3.05, 3.63) is 29.3 Å². The molecule has 3 rings (SSSR count). The summed E-state index contributed by atoms with van der Waals surface area (Å²) in [4.78, 5) is 14.8. The molecule has 2 aliphatic heterocycles. The average molecular weight is 396 g/mol. The lowest BCUT2D eigenvalue weighted by molar-refractivity contribution is -0.132. The predicted octanol–water partition coefficient (Wildman–Crippen LogP) is 0.905. The topological polar surface area (TPSA) is 79.0 Å². The van der Waals surface area contributed by atoms with Gasteiger partial charge in [0.2, 0.25) is 15.9 Å². The zero-order chi connectivity index (χ0) is 19.4. The van der Waals surface area contributed by atoms with E-state index in [1.54, 1.807) is 17.9 Å². The molecular weight excluding hydrogens is 366 g/mol. The molecule has 8 heteroatoms. The highest BCUT2D eigenvalue weighted by atomic mass is 32.2. The molecule has 1 amide bonds. The fraction of sp³-hybridized carbons (Fsp3) is 0.632. The molecule has 1 aromatic rings. The molecule has 7 nitrogen and oxygen atoms in total. The summed E-state index contributed by atoms with van der Waals surface area (Å²) in [6.07, 6.45) is 1.59. The Hall–Kier alpha value is -1.48. The minimum Gasteiger partial charge on any atom is -0.377 e. The summed E-state index contributed by atoms with van der Waals surface area (Å²) in [5, 5.41) is 3.21. The van der Waals surface area contributed by atoms with Crippen molar-refractivity contribution in [2.45, 2.75) is 37.7 Å². The van der Waals surface area contributed by atoms with Gasteiger partial charge in [-0.3, -0.25) is 4.79 Å². The Morgan fingerprint density at radius 3 is 2.70 bits per heavy atom. The zero-order valence-electron chi connectivity index (χ0n) is 16.1. The van der Waals surface area contributed by atoms with Gasteiger partial charge in [-0.25, -0.2) is 8.42 Å². The highest BCUT2D eigenvalue weighted by Gasteiger charge is 2.33. The van der Waals surface area contributed by atoms with E-state index >= 15 is 0 Å². The van der Waals surface area contributed by atoms with E-state index < -0.39 is 10.0 Å². The second kappa shape index (κ2) is 8.68. The number of piperazine rings is 1. The summed E-state index contributed by atoms with van der Waals surface area (Å²) < 4.78 is 33.8. The first-order valence-corrected chi connectivity index (χ1v) is 11.0. The molecule has 2 heterocycles. The van der Waals surface area contributed by atoms with Crippen LogP contribution in [0.4, 0.5) is 0 Å². The molecule has 0 aliphatic carbocycles. The number of amides is 1. The van der Waals surface area contributed by atoms with Gasteiger partial charge in [-0.15, -0.1) is 0 Å². The molecule has 1 N–H and O–H groups in total. The van der Waals surface area contributed by atoms with Gasteiger partial charge in [0.25, 0.3) is 0 Å². The van der Waals surface area contributed by atoms with E-state index in [-0.39, 0.29) is 30.0 Å². The fourth-order valence-electron chi connectivity index (χ4n) is 3.55. The maximum Gasteiger partial charge on any atom is 0.243 e. The van der Waals surface area contributed by atoms with E-state index in [0.29, 0.717) is 25.3 Å². The largest absolute Gasteiger partial charge is 0.377 e. The van der Waals surface area contributed by atoms with Crippen molar-refractivity contribution in [3.63, 3.8) is 0 Å². The first kappa shape index (κ1) is 20.3. The highest BCUT2D eigenvalue weighted by molar-refractivity contribution is 7.89. The summed E-state index contributed by atoms with van der Waals surface area (Å²) in [5.74, 6) is -0.150. The Kier molecular flexibility index (Phi) is 6.52. The number of aryl methyl sites for hydroxylation is 2. The van der Waals surface area contributed by atoms with Crippen LogP contribution < -0.4 is 5.32 Å². The van der Waals surface area contributed by atoms with Gasteiger partial charge in [-0.1, -0.05) is 12.1 Å². The minimum absolute atomic E-state index is 0.143. The van der Waals surface area contributed by atoms with Crippen LogP contribution in [0.5, 0.6) is 0 Å². The summed E-state index contributed by atoms with van der Waals surface area (Å²) in [7, 11) is -3.79. The number of nitrogens with zero attached hydrogens (tertiary/aromatic N) is 2. The zero-order valence-corrected chi connectivity index (χ0v) is 16.9. The first-order chi connectivity index (χ1) is 12.9. The van der Waals surface area contributed by atoms with Crippen molar-refractivity contribution >= 4 is 15.9 Å². The number of rotatable bonds is 6. The Morgan fingerprint density at radius 2 is 2.04 bits per heavy atom. The standard InChI is InChI=1S/C19H29N3O4S/c1-15-5-6-16(2)18(12-15)27(24,25)22(13-17-4-3-11-26-17)14-19(23)21-9-7-20-8-10-21/h5-6,12,17,20H,3-4,7-11,13-14H2,1-2H3. The molecule has 2 aliphatic rings. The van der Waals surface area contributed by atoms with Gasteiger partial charge in [0, 0.05) is 39.3 Å². The van der Waals surface area contributed by atoms with E-state index in [4.69, 9.17) is 4.74 Å². The lowest BCUT2D eigenvalue weighted by Gasteiger charge is -2.31. The van der Waals surface area contributed by atoms with E-state index in [9.17, 15) is 13.2 Å². The van der Waals surface area contributed by atoms with Gasteiger partial charge >= 0.3 is 0 Å². The summed E-state index contributed by atoms with van der Waals surface area (Å²) >= 11 is 0. The third kappa shape index (κ3) is 4.87. The van der Waals surface area contributed by atoms with Crippen molar-refractivity contribution < 1.29 is 17.9 Å². The molecular formula is C19H29N3O4S. The molecule has 1 unspecified atom stereocenters. The predicted molar refractivity (Wildman–Crippen MR) is 103 cm³/mol. The van der Waals surface area contributed by atoms with E-state index in [2.05, 4.69) is 5.32 Å². The number of sulfonamides is 1. The number of ether oxygens (including phenoxy) is 1. The normalized spacial score (nSPS) is 21.0. The van der Waals surface area contributed by atoms with Gasteiger partial charge in [0.05, 0.1) is 17.5 Å². The van der Waals surface area contributed by atoms with Crippen molar-refractivity contribution in [3.8, 4) is 0 Å². The quantitative estimate of drug-likeness (QED) is 0.774. The van der Waals surface area contributed by atoms with Crippen molar-refractivity contribution in [2.75, 3.05) is 45.9 Å². The van der Waals surface area contributed by atoms with Crippen LogP contribution in [0.25, 0.3) is 0 Å². The van der Waals surface area contributed by atoms with Crippen LogP contribution in [0.1, 0.15) is 24.0 Å². The molecule has 0 bridgehead atoms. The second-order valence-electron chi connectivity index (χ2n) is 7.33. The maximum atomic E-state index is 13.4. The number of carbonyl (C=O) groups is 1. The van der Waals surface area contributed by atoms with Gasteiger partial charge in [0.15, 0.2) is 0 Å². The molecule has 1 aromatic carbocycles. The average Bonchev–Trinajstić information content (AvgIpc) is 3.17. The minimum atomic E-state index is -3.79. The number of carbonyl (C=O) groups excluding carboxylic acids is 1. The van der Waals surface area contributed by atoms with Crippen LogP contribution in [0.2, 0.25) is 0 Å². The van der Waals surface area contributed by atoms with Crippen LogP contribution in [-0.4, -0.2) is 75.5 Å². The summed E-state index contributed by atoms with van der Waals surface area (Å²) in [6, 6.07) is 5.39. The van der Waals surface area contributed by atoms with Crippen LogP contribution in [0.3, 0.4) is 0 Å². The van der Waals surface area contributed by atoms with Crippen LogP contribution in [-0.2, 0) is 19.6 Å². The summed E-state index contributed by atoms with van der Waals surface area (Å²) in [5.41, 5.74) is 1.57. The third-order valence-electron chi connectivity index (χ3n) is 5.17. The van der Waals surface area contributed by atoms with Crippen molar-refractivity contribution in [2.24, 2.45) is 0 Å². The Labute approximate surface area is 161 Å². The number of benzene rings is 1. The second-order valence-corrected chi connectivity index (χ2v) is 9.24.